The Hall–Kier alpha value is -1.99. The Bertz CT molecular complexity index is 611. The first kappa shape index (κ1) is 12.5. The van der Waals surface area contributed by atoms with E-state index in [1.807, 2.05) is 30.5 Å². The lowest BCUT2D eigenvalue weighted by Crippen LogP contribution is -1.91. The molecule has 0 aliphatic rings. The first-order valence-electron chi connectivity index (χ1n) is 5.41. The van der Waals surface area contributed by atoms with E-state index < -0.39 is 0 Å². The summed E-state index contributed by atoms with van der Waals surface area (Å²) in [6, 6.07) is 7.92. The molecule has 1 aromatic carbocycles. The quantitative estimate of drug-likeness (QED) is 0.845. The Labute approximate surface area is 110 Å². The van der Waals surface area contributed by atoms with Crippen LogP contribution in [0, 0.1) is 18.3 Å². The highest BCUT2D eigenvalue weighted by atomic mass is 32.1. The monoisotopic (exact) mass is 259 g/mol. The number of hydrogen-bond acceptors (Lipinski definition) is 4. The molecule has 0 fully saturated rings. The molecule has 2 rings (SSSR count). The van der Waals surface area contributed by atoms with Crippen LogP contribution in [0.25, 0.3) is 11.1 Å². The minimum atomic E-state index is 0.669. The highest BCUT2D eigenvalue weighted by molar-refractivity contribution is 7.10. The van der Waals surface area contributed by atoms with Crippen molar-refractivity contribution in [2.24, 2.45) is 0 Å². The molecule has 0 bridgehead atoms. The second-order valence-corrected chi connectivity index (χ2v) is 4.85. The Balaban J connectivity index is 2.55. The standard InChI is InChI=1S/C14H13NO2S/c1-9-11(7-15)12(8-18-9)10-4-5-13(16-2)14(6-10)17-3/h4-6,8H,1-3H3. The average Bonchev–Trinajstić information content (AvgIpc) is 2.78. The number of methoxy groups -OCH3 is 2. The topological polar surface area (TPSA) is 42.2 Å². The molecule has 1 heterocycles. The van der Waals surface area contributed by atoms with Crippen LogP contribution in [0.2, 0.25) is 0 Å². The van der Waals surface area contributed by atoms with Gasteiger partial charge in [-0.05, 0) is 24.6 Å². The van der Waals surface area contributed by atoms with E-state index >= 15 is 0 Å². The van der Waals surface area contributed by atoms with Gasteiger partial charge in [-0.2, -0.15) is 5.26 Å². The lowest BCUT2D eigenvalue weighted by molar-refractivity contribution is 0.355. The van der Waals surface area contributed by atoms with Crippen LogP contribution in [0.15, 0.2) is 23.6 Å². The van der Waals surface area contributed by atoms with E-state index in [1.165, 1.54) is 0 Å². The zero-order valence-electron chi connectivity index (χ0n) is 10.5. The zero-order valence-corrected chi connectivity index (χ0v) is 11.3. The molecule has 0 unspecified atom stereocenters. The third kappa shape index (κ3) is 2.05. The molecule has 0 amide bonds. The van der Waals surface area contributed by atoms with Crippen molar-refractivity contribution in [1.82, 2.24) is 0 Å². The van der Waals surface area contributed by atoms with Gasteiger partial charge in [0.15, 0.2) is 11.5 Å². The second kappa shape index (κ2) is 5.11. The molecule has 0 atom stereocenters. The van der Waals surface area contributed by atoms with E-state index in [1.54, 1.807) is 25.6 Å². The van der Waals surface area contributed by atoms with Gasteiger partial charge in [0.1, 0.15) is 6.07 Å². The van der Waals surface area contributed by atoms with Crippen molar-refractivity contribution in [2.45, 2.75) is 6.92 Å². The van der Waals surface area contributed by atoms with Crippen LogP contribution in [-0.2, 0) is 0 Å². The molecular weight excluding hydrogens is 246 g/mol. The molecule has 0 spiro atoms. The number of nitrogens with zero attached hydrogens (tertiary/aromatic N) is 1. The van der Waals surface area contributed by atoms with Crippen LogP contribution in [0.4, 0.5) is 0 Å². The molecule has 0 saturated carbocycles. The molecule has 0 radical (unpaired) electrons. The van der Waals surface area contributed by atoms with Gasteiger partial charge in [0.25, 0.3) is 0 Å². The van der Waals surface area contributed by atoms with E-state index in [2.05, 4.69) is 6.07 Å². The fourth-order valence-corrected chi connectivity index (χ4v) is 2.63. The summed E-state index contributed by atoms with van der Waals surface area (Å²) < 4.78 is 10.5. The predicted octanol–water partition coefficient (Wildman–Crippen LogP) is 3.61. The van der Waals surface area contributed by atoms with Gasteiger partial charge in [0.05, 0.1) is 19.8 Å². The fraction of sp³-hybridized carbons (Fsp3) is 0.214. The predicted molar refractivity (Wildman–Crippen MR) is 72.3 cm³/mol. The van der Waals surface area contributed by atoms with Gasteiger partial charge < -0.3 is 9.47 Å². The molecule has 0 aliphatic carbocycles. The third-order valence-electron chi connectivity index (χ3n) is 2.78. The highest BCUT2D eigenvalue weighted by Crippen LogP contribution is 2.36. The van der Waals surface area contributed by atoms with E-state index in [-0.39, 0.29) is 0 Å². The van der Waals surface area contributed by atoms with Crippen molar-refractivity contribution < 1.29 is 9.47 Å². The van der Waals surface area contributed by atoms with Gasteiger partial charge in [-0.25, -0.2) is 0 Å². The minimum Gasteiger partial charge on any atom is -0.493 e. The molecule has 0 saturated heterocycles. The molecule has 4 heteroatoms. The summed E-state index contributed by atoms with van der Waals surface area (Å²) >= 11 is 1.58. The number of rotatable bonds is 3. The van der Waals surface area contributed by atoms with Crippen molar-refractivity contribution in [3.63, 3.8) is 0 Å². The number of nitriles is 1. The van der Waals surface area contributed by atoms with Crippen LogP contribution in [-0.4, -0.2) is 14.2 Å². The second-order valence-electron chi connectivity index (χ2n) is 3.76. The van der Waals surface area contributed by atoms with Gasteiger partial charge in [0, 0.05) is 15.8 Å². The van der Waals surface area contributed by atoms with Crippen molar-refractivity contribution in [1.29, 1.82) is 5.26 Å². The van der Waals surface area contributed by atoms with Gasteiger partial charge in [0.2, 0.25) is 0 Å². The number of thiophene rings is 1. The zero-order chi connectivity index (χ0) is 13.1. The largest absolute Gasteiger partial charge is 0.493 e. The molecule has 0 aliphatic heterocycles. The molecule has 0 N–H and O–H groups in total. The Kier molecular flexibility index (Phi) is 3.54. The van der Waals surface area contributed by atoms with Crippen LogP contribution in [0.5, 0.6) is 11.5 Å². The summed E-state index contributed by atoms with van der Waals surface area (Å²) in [7, 11) is 3.21. The number of hydrogen-bond donors (Lipinski definition) is 0. The van der Waals surface area contributed by atoms with Crippen molar-refractivity contribution in [3.05, 3.63) is 34.0 Å². The first-order valence-corrected chi connectivity index (χ1v) is 6.29. The summed E-state index contributed by atoms with van der Waals surface area (Å²) in [5, 5.41) is 11.2. The van der Waals surface area contributed by atoms with Crippen molar-refractivity contribution in [2.75, 3.05) is 14.2 Å². The van der Waals surface area contributed by atoms with E-state index in [9.17, 15) is 5.26 Å². The average molecular weight is 259 g/mol. The van der Waals surface area contributed by atoms with Crippen LogP contribution in [0.3, 0.4) is 0 Å². The Morgan fingerprint density at radius 1 is 1.17 bits per heavy atom. The number of ether oxygens (including phenoxy) is 2. The maximum atomic E-state index is 9.18. The van der Waals surface area contributed by atoms with E-state index in [4.69, 9.17) is 9.47 Å². The molecule has 1 aromatic heterocycles. The summed E-state index contributed by atoms with van der Waals surface area (Å²) in [6.07, 6.45) is 0. The van der Waals surface area contributed by atoms with Crippen molar-refractivity contribution in [3.8, 4) is 28.7 Å². The summed E-state index contributed by atoms with van der Waals surface area (Å²) in [4.78, 5) is 1.03. The maximum absolute atomic E-state index is 9.18. The van der Waals surface area contributed by atoms with Gasteiger partial charge in [-0.15, -0.1) is 11.3 Å². The van der Waals surface area contributed by atoms with Crippen molar-refractivity contribution >= 4 is 11.3 Å². The van der Waals surface area contributed by atoms with E-state index in [0.717, 1.165) is 21.6 Å². The Morgan fingerprint density at radius 2 is 1.89 bits per heavy atom. The maximum Gasteiger partial charge on any atom is 0.161 e. The lowest BCUT2D eigenvalue weighted by atomic mass is 10.0. The summed E-state index contributed by atoms with van der Waals surface area (Å²) in [6.45, 7) is 1.95. The number of benzene rings is 1. The highest BCUT2D eigenvalue weighted by Gasteiger charge is 2.12. The molecule has 2 aromatic rings. The SMILES string of the molecule is COc1ccc(-c2csc(C)c2C#N)cc1OC. The molecular formula is C14H13NO2S. The van der Waals surface area contributed by atoms with Crippen LogP contribution in [0.1, 0.15) is 10.4 Å². The summed E-state index contributed by atoms with van der Waals surface area (Å²) in [5.74, 6) is 1.36. The third-order valence-corrected chi connectivity index (χ3v) is 3.69. The van der Waals surface area contributed by atoms with Gasteiger partial charge in [-0.3, -0.25) is 0 Å². The molecule has 3 nitrogen and oxygen atoms in total. The summed E-state index contributed by atoms with van der Waals surface area (Å²) in [5.41, 5.74) is 2.64. The van der Waals surface area contributed by atoms with Crippen LogP contribution < -0.4 is 9.47 Å². The Morgan fingerprint density at radius 3 is 2.50 bits per heavy atom. The lowest BCUT2D eigenvalue weighted by Gasteiger charge is -2.09. The molecule has 18 heavy (non-hydrogen) atoms. The normalized spacial score (nSPS) is 9.89. The van der Waals surface area contributed by atoms with E-state index in [0.29, 0.717) is 11.5 Å². The smallest absolute Gasteiger partial charge is 0.161 e. The fourth-order valence-electron chi connectivity index (χ4n) is 1.81. The number of aryl methyl sites for hydroxylation is 1. The molecule has 92 valence electrons. The van der Waals surface area contributed by atoms with Gasteiger partial charge >= 0.3 is 0 Å². The first-order chi connectivity index (χ1) is 8.71. The van der Waals surface area contributed by atoms with Gasteiger partial charge in [-0.1, -0.05) is 6.07 Å². The van der Waals surface area contributed by atoms with Crippen LogP contribution >= 0.6 is 11.3 Å². The minimum absolute atomic E-state index is 0.669.